The highest BCUT2D eigenvalue weighted by Crippen LogP contribution is 2.30. The third-order valence-corrected chi connectivity index (χ3v) is 4.66. The molecule has 1 aliphatic carbocycles. The van der Waals surface area contributed by atoms with Crippen LogP contribution in [0.1, 0.15) is 55.8 Å². The van der Waals surface area contributed by atoms with Gasteiger partial charge in [-0.2, -0.15) is 5.10 Å². The summed E-state index contributed by atoms with van der Waals surface area (Å²) >= 11 is 5.19. The van der Waals surface area contributed by atoms with E-state index in [4.69, 9.17) is 18.0 Å². The summed E-state index contributed by atoms with van der Waals surface area (Å²) in [5.74, 6) is 1.46. The van der Waals surface area contributed by atoms with Gasteiger partial charge in [0.25, 0.3) is 0 Å². The lowest BCUT2D eigenvalue weighted by Crippen LogP contribution is -2.33. The van der Waals surface area contributed by atoms with Gasteiger partial charge in [-0.25, -0.2) is 0 Å². The first kappa shape index (κ1) is 15.2. The largest absolute Gasteiger partial charge is 0.389 e. The van der Waals surface area contributed by atoms with Crippen LogP contribution in [0.5, 0.6) is 0 Å². The van der Waals surface area contributed by atoms with Crippen molar-refractivity contribution in [2.75, 3.05) is 5.32 Å². The molecule has 1 aliphatic rings. The molecule has 0 amide bonds. The second-order valence-electron chi connectivity index (χ2n) is 5.70. The van der Waals surface area contributed by atoms with Gasteiger partial charge >= 0.3 is 0 Å². The monoisotopic (exact) mass is 292 g/mol. The number of anilines is 1. The first-order chi connectivity index (χ1) is 9.54. The van der Waals surface area contributed by atoms with E-state index in [1.54, 1.807) is 0 Å². The molecule has 0 aromatic carbocycles. The number of nitrogens with one attached hydrogen (secondary N) is 1. The molecule has 5 heteroatoms. The number of rotatable bonds is 4. The standard InChI is InChI=1S/C15H24N4S/c1-4-11-7-5-6-8-12(11)17-15-13(14(16)20)9(2)10(3)18-19-15/h11-12H,4-8H2,1-3H3,(H2,16,20)(H,17,19). The van der Waals surface area contributed by atoms with Crippen LogP contribution in [0.2, 0.25) is 0 Å². The van der Waals surface area contributed by atoms with Gasteiger partial charge in [0.1, 0.15) is 4.99 Å². The fourth-order valence-corrected chi connectivity index (χ4v) is 3.32. The maximum atomic E-state index is 5.88. The maximum Gasteiger partial charge on any atom is 0.159 e. The highest BCUT2D eigenvalue weighted by atomic mass is 32.1. The topological polar surface area (TPSA) is 63.8 Å². The van der Waals surface area contributed by atoms with E-state index in [9.17, 15) is 0 Å². The molecule has 0 saturated heterocycles. The van der Waals surface area contributed by atoms with Crippen molar-refractivity contribution in [3.05, 3.63) is 16.8 Å². The second kappa shape index (κ2) is 6.48. The van der Waals surface area contributed by atoms with Gasteiger partial charge in [-0.1, -0.05) is 38.4 Å². The number of aromatic nitrogens is 2. The third kappa shape index (κ3) is 3.08. The number of thiocarbonyl (C=S) groups is 1. The molecular formula is C15H24N4S. The van der Waals surface area contributed by atoms with E-state index < -0.39 is 0 Å². The van der Waals surface area contributed by atoms with Crippen LogP contribution in [0, 0.1) is 19.8 Å². The van der Waals surface area contributed by atoms with Crippen LogP contribution in [-0.4, -0.2) is 21.2 Å². The molecule has 1 aromatic rings. The minimum absolute atomic E-state index is 0.395. The Morgan fingerprint density at radius 1 is 1.30 bits per heavy atom. The van der Waals surface area contributed by atoms with Gasteiger partial charge in [-0.05, 0) is 38.2 Å². The lowest BCUT2D eigenvalue weighted by molar-refractivity contribution is 0.316. The number of nitrogens with two attached hydrogens (primary N) is 1. The van der Waals surface area contributed by atoms with Crippen molar-refractivity contribution < 1.29 is 0 Å². The van der Waals surface area contributed by atoms with Crippen molar-refractivity contribution in [3.8, 4) is 0 Å². The van der Waals surface area contributed by atoms with Crippen molar-refractivity contribution in [2.45, 2.75) is 58.9 Å². The van der Waals surface area contributed by atoms with Crippen molar-refractivity contribution in [1.82, 2.24) is 10.2 Å². The molecule has 20 heavy (non-hydrogen) atoms. The molecule has 3 N–H and O–H groups in total. The molecule has 0 bridgehead atoms. The van der Waals surface area contributed by atoms with Crippen molar-refractivity contribution in [2.24, 2.45) is 11.7 Å². The van der Waals surface area contributed by atoms with Crippen LogP contribution in [0.25, 0.3) is 0 Å². The lowest BCUT2D eigenvalue weighted by Gasteiger charge is -2.32. The lowest BCUT2D eigenvalue weighted by atomic mass is 9.83. The van der Waals surface area contributed by atoms with Gasteiger partial charge < -0.3 is 11.1 Å². The maximum absolute atomic E-state index is 5.88. The van der Waals surface area contributed by atoms with E-state index >= 15 is 0 Å². The van der Waals surface area contributed by atoms with Gasteiger partial charge in [0, 0.05) is 6.04 Å². The van der Waals surface area contributed by atoms with Gasteiger partial charge in [0.2, 0.25) is 0 Å². The number of hydrogen-bond donors (Lipinski definition) is 2. The van der Waals surface area contributed by atoms with E-state index in [1.807, 2.05) is 13.8 Å². The second-order valence-corrected chi connectivity index (χ2v) is 6.14. The molecule has 2 unspecified atom stereocenters. The minimum atomic E-state index is 0.395. The summed E-state index contributed by atoms with van der Waals surface area (Å²) in [7, 11) is 0. The molecule has 0 spiro atoms. The minimum Gasteiger partial charge on any atom is -0.389 e. The zero-order valence-corrected chi connectivity index (χ0v) is 13.4. The van der Waals surface area contributed by atoms with E-state index in [1.165, 1.54) is 32.1 Å². The highest BCUT2D eigenvalue weighted by molar-refractivity contribution is 7.80. The van der Waals surface area contributed by atoms with E-state index in [2.05, 4.69) is 22.4 Å². The zero-order valence-electron chi connectivity index (χ0n) is 12.6. The summed E-state index contributed by atoms with van der Waals surface area (Å²) in [6.07, 6.45) is 6.27. The number of aryl methyl sites for hydroxylation is 1. The molecule has 4 nitrogen and oxygen atoms in total. The summed E-state index contributed by atoms with van der Waals surface area (Å²) in [4.78, 5) is 0.395. The molecular weight excluding hydrogens is 268 g/mol. The molecule has 2 atom stereocenters. The Bertz CT molecular complexity index is 501. The SMILES string of the molecule is CCC1CCCCC1Nc1nnc(C)c(C)c1C(N)=S. The molecule has 1 saturated carbocycles. The summed E-state index contributed by atoms with van der Waals surface area (Å²) in [5.41, 5.74) is 8.64. The van der Waals surface area contributed by atoms with Crippen LogP contribution in [0.15, 0.2) is 0 Å². The van der Waals surface area contributed by atoms with Gasteiger partial charge in [-0.3, -0.25) is 0 Å². The average molecular weight is 292 g/mol. The fourth-order valence-electron chi connectivity index (χ4n) is 3.07. The van der Waals surface area contributed by atoms with Crippen LogP contribution in [-0.2, 0) is 0 Å². The Balaban J connectivity index is 2.28. The van der Waals surface area contributed by atoms with E-state index in [0.717, 1.165) is 22.6 Å². The molecule has 110 valence electrons. The molecule has 0 aliphatic heterocycles. The summed E-state index contributed by atoms with van der Waals surface area (Å²) in [6, 6.07) is 0.457. The molecule has 1 heterocycles. The quantitative estimate of drug-likeness (QED) is 0.835. The van der Waals surface area contributed by atoms with Crippen LogP contribution < -0.4 is 11.1 Å². The Labute approximate surface area is 126 Å². The molecule has 2 rings (SSSR count). The van der Waals surface area contributed by atoms with Gasteiger partial charge in [0.15, 0.2) is 5.82 Å². The van der Waals surface area contributed by atoms with Crippen molar-refractivity contribution in [1.29, 1.82) is 0 Å². The Morgan fingerprint density at radius 2 is 2.00 bits per heavy atom. The predicted octanol–water partition coefficient (Wildman–Crippen LogP) is 3.11. The van der Waals surface area contributed by atoms with Crippen LogP contribution in [0.4, 0.5) is 5.82 Å². The summed E-state index contributed by atoms with van der Waals surface area (Å²) in [6.45, 7) is 6.19. The molecule has 1 fully saturated rings. The van der Waals surface area contributed by atoms with Crippen molar-refractivity contribution >= 4 is 23.0 Å². The Morgan fingerprint density at radius 3 is 2.65 bits per heavy atom. The van der Waals surface area contributed by atoms with Gasteiger partial charge in [-0.15, -0.1) is 5.10 Å². The molecule has 0 radical (unpaired) electrons. The summed E-state index contributed by atoms with van der Waals surface area (Å²) < 4.78 is 0. The number of nitrogens with zero attached hydrogens (tertiary/aromatic N) is 2. The zero-order chi connectivity index (χ0) is 14.7. The Hall–Kier alpha value is -1.23. The van der Waals surface area contributed by atoms with Crippen molar-refractivity contribution in [3.63, 3.8) is 0 Å². The predicted molar refractivity (Wildman–Crippen MR) is 87.1 cm³/mol. The van der Waals surface area contributed by atoms with E-state index in [0.29, 0.717) is 16.9 Å². The average Bonchev–Trinajstić information content (AvgIpc) is 2.43. The van der Waals surface area contributed by atoms with Gasteiger partial charge in [0.05, 0.1) is 11.3 Å². The smallest absolute Gasteiger partial charge is 0.159 e. The van der Waals surface area contributed by atoms with Crippen LogP contribution in [0.3, 0.4) is 0 Å². The highest BCUT2D eigenvalue weighted by Gasteiger charge is 2.25. The fraction of sp³-hybridized carbons (Fsp3) is 0.667. The first-order valence-electron chi connectivity index (χ1n) is 7.44. The molecule has 1 aromatic heterocycles. The van der Waals surface area contributed by atoms with Crippen LogP contribution >= 0.6 is 12.2 Å². The first-order valence-corrected chi connectivity index (χ1v) is 7.85. The third-order valence-electron chi connectivity index (χ3n) is 4.46. The number of hydrogen-bond acceptors (Lipinski definition) is 4. The normalized spacial score (nSPS) is 22.6. The van der Waals surface area contributed by atoms with E-state index in [-0.39, 0.29) is 0 Å². The Kier molecular flexibility index (Phi) is 4.91. The summed E-state index contributed by atoms with van der Waals surface area (Å²) in [5, 5.41) is 12.1.